The third-order valence-corrected chi connectivity index (χ3v) is 3.53. The number of hydrogen-bond acceptors (Lipinski definition) is 3. The van der Waals surface area contributed by atoms with Gasteiger partial charge in [0, 0.05) is 11.3 Å². The fourth-order valence-corrected chi connectivity index (χ4v) is 2.75. The van der Waals surface area contributed by atoms with E-state index in [2.05, 4.69) is 0 Å². The van der Waals surface area contributed by atoms with Gasteiger partial charge in [0.2, 0.25) is 0 Å². The lowest BCUT2D eigenvalue weighted by Gasteiger charge is -2.20. The molecule has 4 nitrogen and oxygen atoms in total. The molecule has 1 heterocycles. The first kappa shape index (κ1) is 11.9. The van der Waals surface area contributed by atoms with Gasteiger partial charge in [-0.3, -0.25) is 4.79 Å². The van der Waals surface area contributed by atoms with Gasteiger partial charge >= 0.3 is 5.97 Å². The Hall–Kier alpha value is -1.56. The molecular formula is C11H10FNO3S. The van der Waals surface area contributed by atoms with Gasteiger partial charge in [-0.25, -0.2) is 9.18 Å². The van der Waals surface area contributed by atoms with E-state index in [0.29, 0.717) is 17.2 Å². The van der Waals surface area contributed by atoms with Gasteiger partial charge in [-0.15, -0.1) is 11.8 Å². The van der Waals surface area contributed by atoms with Crippen molar-refractivity contribution in [3.63, 3.8) is 0 Å². The molecule has 0 spiro atoms. The highest BCUT2D eigenvalue weighted by molar-refractivity contribution is 7.99. The van der Waals surface area contributed by atoms with Crippen LogP contribution in [0.2, 0.25) is 0 Å². The number of carbonyl (C=O) groups excluding carboxylic acids is 1. The Morgan fingerprint density at radius 1 is 1.35 bits per heavy atom. The molecule has 0 bridgehead atoms. The minimum Gasteiger partial charge on any atom is -0.480 e. The minimum atomic E-state index is -1.01. The standard InChI is InChI=1S/C11H10FNO3S/c12-8-3-1-7(2-4-8)10(14)13-6-17-5-9(13)11(15)16/h1-4,9H,5-6H2,(H,15,16). The van der Waals surface area contributed by atoms with E-state index in [-0.39, 0.29) is 5.91 Å². The molecule has 1 aromatic rings. The molecule has 0 saturated carbocycles. The van der Waals surface area contributed by atoms with E-state index in [0.717, 1.165) is 0 Å². The maximum Gasteiger partial charge on any atom is 0.327 e. The van der Waals surface area contributed by atoms with Crippen LogP contribution in [0.4, 0.5) is 4.39 Å². The van der Waals surface area contributed by atoms with E-state index >= 15 is 0 Å². The molecule has 1 aliphatic rings. The third kappa shape index (κ3) is 2.41. The summed E-state index contributed by atoms with van der Waals surface area (Å²) < 4.78 is 12.7. The molecule has 2 rings (SSSR count). The summed E-state index contributed by atoms with van der Waals surface area (Å²) in [7, 11) is 0. The molecule has 17 heavy (non-hydrogen) atoms. The molecule has 1 unspecified atom stereocenters. The number of rotatable bonds is 2. The van der Waals surface area contributed by atoms with Crippen LogP contribution in [-0.4, -0.2) is 39.6 Å². The van der Waals surface area contributed by atoms with Gasteiger partial charge < -0.3 is 10.0 Å². The Kier molecular flexibility index (Phi) is 3.33. The number of benzene rings is 1. The fraction of sp³-hybridized carbons (Fsp3) is 0.273. The van der Waals surface area contributed by atoms with Crippen LogP contribution in [0.5, 0.6) is 0 Å². The summed E-state index contributed by atoms with van der Waals surface area (Å²) in [6.07, 6.45) is 0. The smallest absolute Gasteiger partial charge is 0.327 e. The van der Waals surface area contributed by atoms with Crippen molar-refractivity contribution in [3.05, 3.63) is 35.6 Å². The van der Waals surface area contributed by atoms with E-state index in [1.807, 2.05) is 0 Å². The van der Waals surface area contributed by atoms with Crippen LogP contribution in [0.1, 0.15) is 10.4 Å². The Bertz CT molecular complexity index is 449. The molecule has 6 heteroatoms. The minimum absolute atomic E-state index is 0.306. The van der Waals surface area contributed by atoms with Crippen molar-refractivity contribution in [3.8, 4) is 0 Å². The number of hydrogen-bond donors (Lipinski definition) is 1. The summed E-state index contributed by atoms with van der Waals surface area (Å²) >= 11 is 1.39. The lowest BCUT2D eigenvalue weighted by atomic mass is 10.2. The van der Waals surface area contributed by atoms with Gasteiger partial charge in [-0.05, 0) is 24.3 Å². The monoisotopic (exact) mass is 255 g/mol. The van der Waals surface area contributed by atoms with Crippen molar-refractivity contribution in [2.24, 2.45) is 0 Å². The van der Waals surface area contributed by atoms with Gasteiger partial charge in [0.1, 0.15) is 11.9 Å². The number of halogens is 1. The number of amides is 1. The Labute approximate surface area is 101 Å². The number of carbonyl (C=O) groups is 2. The van der Waals surface area contributed by atoms with Crippen molar-refractivity contribution < 1.29 is 19.1 Å². The Morgan fingerprint density at radius 2 is 2.00 bits per heavy atom. The summed E-state index contributed by atoms with van der Waals surface area (Å²) in [4.78, 5) is 24.2. The molecule has 1 aliphatic heterocycles. The Morgan fingerprint density at radius 3 is 2.59 bits per heavy atom. The largest absolute Gasteiger partial charge is 0.480 e. The molecule has 1 atom stereocenters. The highest BCUT2D eigenvalue weighted by Gasteiger charge is 2.34. The fourth-order valence-electron chi connectivity index (χ4n) is 1.61. The van der Waals surface area contributed by atoms with E-state index in [4.69, 9.17) is 5.11 Å². The van der Waals surface area contributed by atoms with E-state index < -0.39 is 17.8 Å². The van der Waals surface area contributed by atoms with Crippen molar-refractivity contribution in [1.82, 2.24) is 4.90 Å². The third-order valence-electron chi connectivity index (χ3n) is 2.52. The summed E-state index contributed by atoms with van der Waals surface area (Å²) in [5, 5.41) is 8.96. The second-order valence-electron chi connectivity index (χ2n) is 3.64. The summed E-state index contributed by atoms with van der Waals surface area (Å²) in [5.41, 5.74) is 0.306. The topological polar surface area (TPSA) is 57.6 Å². The van der Waals surface area contributed by atoms with Gasteiger partial charge in [0.15, 0.2) is 0 Å². The van der Waals surface area contributed by atoms with Crippen LogP contribution in [0.15, 0.2) is 24.3 Å². The molecule has 1 N–H and O–H groups in total. The zero-order valence-electron chi connectivity index (χ0n) is 8.80. The van der Waals surface area contributed by atoms with Crippen molar-refractivity contribution >= 4 is 23.6 Å². The zero-order chi connectivity index (χ0) is 12.4. The zero-order valence-corrected chi connectivity index (χ0v) is 9.61. The lowest BCUT2D eigenvalue weighted by molar-refractivity contribution is -0.140. The highest BCUT2D eigenvalue weighted by atomic mass is 32.2. The maximum atomic E-state index is 12.7. The van der Waals surface area contributed by atoms with E-state index in [1.54, 1.807) is 0 Å². The molecule has 1 fully saturated rings. The highest BCUT2D eigenvalue weighted by Crippen LogP contribution is 2.23. The first-order valence-electron chi connectivity index (χ1n) is 4.96. The molecular weight excluding hydrogens is 245 g/mol. The molecule has 1 aromatic carbocycles. The second-order valence-corrected chi connectivity index (χ2v) is 4.64. The summed E-state index contributed by atoms with van der Waals surface area (Å²) in [6.45, 7) is 0. The van der Waals surface area contributed by atoms with Crippen molar-refractivity contribution in [2.75, 3.05) is 11.6 Å². The van der Waals surface area contributed by atoms with Gasteiger partial charge in [0.05, 0.1) is 5.88 Å². The average molecular weight is 255 g/mol. The first-order valence-corrected chi connectivity index (χ1v) is 6.12. The predicted molar refractivity (Wildman–Crippen MR) is 61.3 cm³/mol. The number of nitrogens with zero attached hydrogens (tertiary/aromatic N) is 1. The van der Waals surface area contributed by atoms with Gasteiger partial charge in [0.25, 0.3) is 5.91 Å². The maximum absolute atomic E-state index is 12.7. The average Bonchev–Trinajstić information content (AvgIpc) is 2.78. The lowest BCUT2D eigenvalue weighted by Crippen LogP contribution is -2.41. The van der Waals surface area contributed by atoms with E-state index in [9.17, 15) is 14.0 Å². The van der Waals surface area contributed by atoms with Crippen LogP contribution in [-0.2, 0) is 4.79 Å². The quantitative estimate of drug-likeness (QED) is 0.868. The second kappa shape index (κ2) is 4.75. The summed E-state index contributed by atoms with van der Waals surface area (Å²) in [6, 6.07) is 4.30. The molecule has 1 amide bonds. The molecule has 1 saturated heterocycles. The molecule has 0 aliphatic carbocycles. The van der Waals surface area contributed by atoms with Crippen LogP contribution < -0.4 is 0 Å². The SMILES string of the molecule is O=C(O)C1CSCN1C(=O)c1ccc(F)cc1. The van der Waals surface area contributed by atoms with Crippen LogP contribution >= 0.6 is 11.8 Å². The van der Waals surface area contributed by atoms with E-state index in [1.165, 1.54) is 40.9 Å². The number of thioether (sulfide) groups is 1. The normalized spacial score (nSPS) is 19.4. The first-order chi connectivity index (χ1) is 8.09. The van der Waals surface area contributed by atoms with Crippen molar-refractivity contribution in [2.45, 2.75) is 6.04 Å². The predicted octanol–water partition coefficient (Wildman–Crippen LogP) is 1.43. The number of carboxylic acid groups (broad SMARTS) is 1. The molecule has 90 valence electrons. The Balaban J connectivity index is 2.19. The van der Waals surface area contributed by atoms with Crippen molar-refractivity contribution in [1.29, 1.82) is 0 Å². The molecule has 0 aromatic heterocycles. The molecule has 0 radical (unpaired) electrons. The van der Waals surface area contributed by atoms with Gasteiger partial charge in [-0.2, -0.15) is 0 Å². The van der Waals surface area contributed by atoms with Crippen LogP contribution in [0.25, 0.3) is 0 Å². The number of carboxylic acids is 1. The number of aliphatic carboxylic acids is 1. The summed E-state index contributed by atoms with van der Waals surface area (Å²) in [5.74, 6) is -1.06. The van der Waals surface area contributed by atoms with Crippen LogP contribution in [0.3, 0.4) is 0 Å². The van der Waals surface area contributed by atoms with Crippen LogP contribution in [0, 0.1) is 5.82 Å². The van der Waals surface area contributed by atoms with Gasteiger partial charge in [-0.1, -0.05) is 0 Å².